The van der Waals surface area contributed by atoms with Gasteiger partial charge >= 0.3 is 6.09 Å². The summed E-state index contributed by atoms with van der Waals surface area (Å²) in [5, 5.41) is 0. The number of carbonyl (C=O) groups is 2. The fourth-order valence-corrected chi connectivity index (χ4v) is 2.71. The van der Waals surface area contributed by atoms with Crippen LogP contribution in [0.5, 0.6) is 5.75 Å². The van der Waals surface area contributed by atoms with Gasteiger partial charge in [0.15, 0.2) is 5.78 Å². The summed E-state index contributed by atoms with van der Waals surface area (Å²) >= 11 is 0. The van der Waals surface area contributed by atoms with E-state index in [4.69, 9.17) is 9.47 Å². The van der Waals surface area contributed by atoms with Crippen molar-refractivity contribution in [2.45, 2.75) is 45.6 Å². The van der Waals surface area contributed by atoms with Crippen molar-refractivity contribution in [2.24, 2.45) is 0 Å². The van der Waals surface area contributed by atoms with Crippen LogP contribution in [0.1, 0.15) is 45.6 Å². The van der Waals surface area contributed by atoms with E-state index >= 15 is 0 Å². The topological polar surface area (TPSA) is 55.8 Å². The van der Waals surface area contributed by atoms with Gasteiger partial charge < -0.3 is 14.4 Å². The molecule has 2 rings (SSSR count). The Morgan fingerprint density at radius 1 is 1.38 bits per heavy atom. The van der Waals surface area contributed by atoms with Crippen LogP contribution in [0.3, 0.4) is 0 Å². The monoisotopic (exact) mass is 337 g/mol. The van der Waals surface area contributed by atoms with Gasteiger partial charge in [0.25, 0.3) is 0 Å². The zero-order chi connectivity index (χ0) is 17.9. The highest BCUT2D eigenvalue weighted by molar-refractivity contribution is 5.91. The molecule has 0 aliphatic carbocycles. The Kier molecular flexibility index (Phi) is 5.47. The number of hydrogen-bond donors (Lipinski definition) is 0. The highest BCUT2D eigenvalue weighted by Crippen LogP contribution is 2.33. The largest absolute Gasteiger partial charge is 0.494 e. The number of ether oxygens (including phenoxy) is 2. The van der Waals surface area contributed by atoms with E-state index in [0.717, 1.165) is 0 Å². The molecule has 6 heteroatoms. The van der Waals surface area contributed by atoms with Crippen LogP contribution in [-0.4, -0.2) is 42.1 Å². The molecule has 1 aromatic carbocycles. The highest BCUT2D eigenvalue weighted by Gasteiger charge is 2.34. The second kappa shape index (κ2) is 7.20. The summed E-state index contributed by atoms with van der Waals surface area (Å²) in [6.45, 7) is 7.94. The van der Waals surface area contributed by atoms with Crippen LogP contribution in [0.4, 0.5) is 9.18 Å². The summed E-state index contributed by atoms with van der Waals surface area (Å²) in [4.78, 5) is 26.0. The summed E-state index contributed by atoms with van der Waals surface area (Å²) in [7, 11) is 0. The van der Waals surface area contributed by atoms with Crippen molar-refractivity contribution in [3.05, 3.63) is 29.6 Å². The maximum absolute atomic E-state index is 13.6. The second-order valence-corrected chi connectivity index (χ2v) is 6.82. The quantitative estimate of drug-likeness (QED) is 0.847. The molecule has 1 fully saturated rings. The lowest BCUT2D eigenvalue weighted by Gasteiger charge is -2.33. The van der Waals surface area contributed by atoms with E-state index in [1.54, 1.807) is 26.8 Å². The third kappa shape index (κ3) is 4.46. The Hall–Kier alpha value is -2.11. The number of halogens is 1. The Labute approximate surface area is 141 Å². The Morgan fingerprint density at radius 3 is 2.67 bits per heavy atom. The van der Waals surface area contributed by atoms with Crippen molar-refractivity contribution in [2.75, 3.05) is 19.7 Å². The van der Waals surface area contributed by atoms with Crippen molar-refractivity contribution in [3.63, 3.8) is 0 Å². The van der Waals surface area contributed by atoms with Crippen LogP contribution >= 0.6 is 0 Å². The number of rotatable bonds is 3. The van der Waals surface area contributed by atoms with Crippen LogP contribution < -0.4 is 4.74 Å². The number of hydrogen-bond acceptors (Lipinski definition) is 4. The fraction of sp³-hybridized carbons (Fsp3) is 0.556. The lowest BCUT2D eigenvalue weighted by Crippen LogP contribution is -2.45. The van der Waals surface area contributed by atoms with Gasteiger partial charge in [0.05, 0.1) is 13.2 Å². The van der Waals surface area contributed by atoms with Gasteiger partial charge in [0.2, 0.25) is 0 Å². The summed E-state index contributed by atoms with van der Waals surface area (Å²) in [5.41, 5.74) is -0.0625. The molecule has 132 valence electrons. The summed E-state index contributed by atoms with van der Waals surface area (Å²) < 4.78 is 24.4. The lowest BCUT2D eigenvalue weighted by molar-refractivity contribution is -0.123. The first-order valence-electron chi connectivity index (χ1n) is 8.14. The van der Waals surface area contributed by atoms with Gasteiger partial charge in [-0.15, -0.1) is 0 Å². The first kappa shape index (κ1) is 18.2. The number of ketones is 1. The molecule has 0 spiro atoms. The van der Waals surface area contributed by atoms with Gasteiger partial charge in [-0.25, -0.2) is 9.18 Å². The number of likely N-dealkylation sites (tertiary alicyclic amines) is 1. The minimum atomic E-state index is -0.609. The van der Waals surface area contributed by atoms with E-state index in [1.807, 2.05) is 6.92 Å². The van der Waals surface area contributed by atoms with E-state index in [-0.39, 0.29) is 12.3 Å². The molecular weight excluding hydrogens is 313 g/mol. The predicted molar refractivity (Wildman–Crippen MR) is 87.7 cm³/mol. The van der Waals surface area contributed by atoms with Gasteiger partial charge in [0, 0.05) is 18.0 Å². The SMILES string of the molecule is CCOc1ccc(F)cc1[C@H]1CCN(C(=O)OC(C)(C)C)CC1=O. The fourth-order valence-electron chi connectivity index (χ4n) is 2.71. The number of carbonyl (C=O) groups excluding carboxylic acids is 2. The molecule has 0 radical (unpaired) electrons. The molecule has 1 amide bonds. The van der Waals surface area contributed by atoms with Gasteiger partial charge in [-0.05, 0) is 52.3 Å². The summed E-state index contributed by atoms with van der Waals surface area (Å²) in [6, 6.07) is 4.20. The zero-order valence-electron chi connectivity index (χ0n) is 14.6. The molecule has 0 aromatic heterocycles. The molecule has 1 atom stereocenters. The van der Waals surface area contributed by atoms with E-state index in [2.05, 4.69) is 0 Å². The lowest BCUT2D eigenvalue weighted by atomic mass is 9.87. The third-order valence-corrected chi connectivity index (χ3v) is 3.72. The normalized spacial score (nSPS) is 18.5. The van der Waals surface area contributed by atoms with Crippen LogP contribution in [-0.2, 0) is 9.53 Å². The van der Waals surface area contributed by atoms with Gasteiger partial charge in [-0.1, -0.05) is 0 Å². The molecule has 1 heterocycles. The Bertz CT molecular complexity index is 624. The average molecular weight is 337 g/mol. The van der Waals surface area contributed by atoms with Crippen LogP contribution in [0.2, 0.25) is 0 Å². The molecule has 0 N–H and O–H groups in total. The number of amides is 1. The van der Waals surface area contributed by atoms with E-state index < -0.39 is 23.4 Å². The van der Waals surface area contributed by atoms with E-state index in [9.17, 15) is 14.0 Å². The smallest absolute Gasteiger partial charge is 0.410 e. The van der Waals surface area contributed by atoms with Crippen LogP contribution in [0.15, 0.2) is 18.2 Å². The van der Waals surface area contributed by atoms with Crippen molar-refractivity contribution >= 4 is 11.9 Å². The molecule has 0 unspecified atom stereocenters. The second-order valence-electron chi connectivity index (χ2n) is 6.82. The van der Waals surface area contributed by atoms with Gasteiger partial charge in [-0.2, -0.15) is 0 Å². The van der Waals surface area contributed by atoms with Gasteiger partial charge in [-0.3, -0.25) is 4.79 Å². The molecule has 1 aliphatic rings. The van der Waals surface area contributed by atoms with Crippen molar-refractivity contribution < 1.29 is 23.5 Å². The molecule has 1 saturated heterocycles. The van der Waals surface area contributed by atoms with Crippen LogP contribution in [0, 0.1) is 5.82 Å². The van der Waals surface area contributed by atoms with E-state index in [0.29, 0.717) is 30.9 Å². The molecule has 24 heavy (non-hydrogen) atoms. The van der Waals surface area contributed by atoms with Crippen molar-refractivity contribution in [1.82, 2.24) is 4.90 Å². The molecule has 0 bridgehead atoms. The molecule has 0 saturated carbocycles. The van der Waals surface area contributed by atoms with E-state index in [1.165, 1.54) is 17.0 Å². The third-order valence-electron chi connectivity index (χ3n) is 3.72. The molecule has 5 nitrogen and oxygen atoms in total. The first-order chi connectivity index (χ1) is 11.2. The number of Topliss-reactive ketones (excluding diaryl/α,β-unsaturated/α-hetero) is 1. The minimum Gasteiger partial charge on any atom is -0.494 e. The van der Waals surface area contributed by atoms with Gasteiger partial charge in [0.1, 0.15) is 17.2 Å². The van der Waals surface area contributed by atoms with Crippen molar-refractivity contribution in [3.8, 4) is 5.75 Å². The average Bonchev–Trinajstić information content (AvgIpc) is 2.47. The Balaban J connectivity index is 2.13. The number of benzene rings is 1. The molecule has 1 aliphatic heterocycles. The minimum absolute atomic E-state index is 0.0400. The maximum atomic E-state index is 13.6. The first-order valence-corrected chi connectivity index (χ1v) is 8.14. The van der Waals surface area contributed by atoms with Crippen molar-refractivity contribution in [1.29, 1.82) is 0 Å². The predicted octanol–water partition coefficient (Wildman–Crippen LogP) is 3.52. The standard InChI is InChI=1S/C18H24FNO4/c1-5-23-16-7-6-12(19)10-14(16)13-8-9-20(11-15(13)21)17(22)24-18(2,3)4/h6-7,10,13H,5,8-9,11H2,1-4H3/t13-/m1/s1. The maximum Gasteiger partial charge on any atom is 0.410 e. The Morgan fingerprint density at radius 2 is 2.08 bits per heavy atom. The van der Waals surface area contributed by atoms with Crippen LogP contribution in [0.25, 0.3) is 0 Å². The molecule has 1 aromatic rings. The number of nitrogens with zero attached hydrogens (tertiary/aromatic N) is 1. The zero-order valence-corrected chi connectivity index (χ0v) is 14.6. The summed E-state index contributed by atoms with van der Waals surface area (Å²) in [5.74, 6) is -0.501. The number of piperidine rings is 1. The summed E-state index contributed by atoms with van der Waals surface area (Å²) in [6.07, 6.45) is -0.0831. The molecular formula is C18H24FNO4. The highest BCUT2D eigenvalue weighted by atomic mass is 19.1.